The Morgan fingerprint density at radius 1 is 1.30 bits per heavy atom. The highest BCUT2D eigenvalue weighted by Crippen LogP contribution is 2.41. The van der Waals surface area contributed by atoms with E-state index in [1.807, 2.05) is 30.3 Å². The van der Waals surface area contributed by atoms with Crippen LogP contribution in [-0.4, -0.2) is 24.3 Å². The van der Waals surface area contributed by atoms with E-state index in [1.165, 1.54) is 13.3 Å². The standard InChI is InChI=1S/C16H14Br2N2O3/c1-23-12-8-11(14(17)15(18)16(12)22)9-19-20-13(21)7-10-5-3-2-4-6-10/h2-6,8-9,22H,7H2,1H3,(H,20,21). The van der Waals surface area contributed by atoms with Crippen molar-refractivity contribution >= 4 is 44.0 Å². The Hall–Kier alpha value is -1.86. The lowest BCUT2D eigenvalue weighted by atomic mass is 10.1. The SMILES string of the molecule is COc1cc(C=NNC(=O)Cc2ccccc2)c(Br)c(Br)c1O. The molecule has 0 saturated heterocycles. The maximum atomic E-state index is 11.8. The number of carbonyl (C=O) groups excluding carboxylic acids is 1. The monoisotopic (exact) mass is 440 g/mol. The van der Waals surface area contributed by atoms with Crippen molar-refractivity contribution in [1.29, 1.82) is 0 Å². The summed E-state index contributed by atoms with van der Waals surface area (Å²) in [6.07, 6.45) is 1.72. The number of hydrogen-bond donors (Lipinski definition) is 2. The van der Waals surface area contributed by atoms with Crippen LogP contribution in [0.2, 0.25) is 0 Å². The highest BCUT2D eigenvalue weighted by molar-refractivity contribution is 9.13. The molecule has 0 bridgehead atoms. The number of carbonyl (C=O) groups is 1. The van der Waals surface area contributed by atoms with Gasteiger partial charge in [0.05, 0.1) is 24.2 Å². The first-order valence-electron chi connectivity index (χ1n) is 6.63. The summed E-state index contributed by atoms with van der Waals surface area (Å²) >= 11 is 6.61. The van der Waals surface area contributed by atoms with Gasteiger partial charge in [0, 0.05) is 10.0 Å². The minimum Gasteiger partial charge on any atom is -0.503 e. The molecule has 0 spiro atoms. The van der Waals surface area contributed by atoms with Crippen molar-refractivity contribution < 1.29 is 14.6 Å². The Morgan fingerprint density at radius 2 is 2.00 bits per heavy atom. The van der Waals surface area contributed by atoms with Crippen molar-refractivity contribution in [2.45, 2.75) is 6.42 Å². The number of hydrogen-bond acceptors (Lipinski definition) is 4. The second-order valence-corrected chi connectivity index (χ2v) is 6.19. The van der Waals surface area contributed by atoms with Crippen molar-refractivity contribution in [2.75, 3.05) is 7.11 Å². The van der Waals surface area contributed by atoms with Crippen molar-refractivity contribution in [3.8, 4) is 11.5 Å². The van der Waals surface area contributed by atoms with Gasteiger partial charge < -0.3 is 9.84 Å². The number of halogens is 2. The number of amides is 1. The zero-order chi connectivity index (χ0) is 16.8. The van der Waals surface area contributed by atoms with Crippen LogP contribution in [-0.2, 0) is 11.2 Å². The summed E-state index contributed by atoms with van der Waals surface area (Å²) in [6, 6.07) is 11.0. The lowest BCUT2D eigenvalue weighted by Gasteiger charge is -2.09. The molecule has 2 aromatic carbocycles. The van der Waals surface area contributed by atoms with E-state index in [1.54, 1.807) is 6.07 Å². The molecular weight excluding hydrogens is 428 g/mol. The first-order chi connectivity index (χ1) is 11.0. The molecule has 2 rings (SSSR count). The molecule has 23 heavy (non-hydrogen) atoms. The Bertz CT molecular complexity index is 734. The number of nitrogens with zero attached hydrogens (tertiary/aromatic N) is 1. The van der Waals surface area contributed by atoms with Gasteiger partial charge in [-0.2, -0.15) is 5.10 Å². The highest BCUT2D eigenvalue weighted by Gasteiger charge is 2.13. The van der Waals surface area contributed by atoms with E-state index in [2.05, 4.69) is 42.4 Å². The lowest BCUT2D eigenvalue weighted by molar-refractivity contribution is -0.120. The van der Waals surface area contributed by atoms with Crippen LogP contribution in [0.3, 0.4) is 0 Å². The molecule has 2 N–H and O–H groups in total. The van der Waals surface area contributed by atoms with Crippen molar-refractivity contribution in [1.82, 2.24) is 5.43 Å². The lowest BCUT2D eigenvalue weighted by Crippen LogP contribution is -2.19. The van der Waals surface area contributed by atoms with Gasteiger partial charge in [-0.15, -0.1) is 0 Å². The minimum atomic E-state index is -0.214. The summed E-state index contributed by atoms with van der Waals surface area (Å²) in [5.41, 5.74) is 4.03. The highest BCUT2D eigenvalue weighted by atomic mass is 79.9. The summed E-state index contributed by atoms with van der Waals surface area (Å²) in [7, 11) is 1.46. The molecule has 7 heteroatoms. The smallest absolute Gasteiger partial charge is 0.244 e. The maximum Gasteiger partial charge on any atom is 0.244 e. The van der Waals surface area contributed by atoms with Gasteiger partial charge in [-0.3, -0.25) is 4.79 Å². The second kappa shape index (κ2) is 8.12. The Balaban J connectivity index is 2.06. The number of aromatic hydroxyl groups is 1. The average Bonchev–Trinajstić information content (AvgIpc) is 2.56. The normalized spacial score (nSPS) is 10.7. The molecule has 0 fully saturated rings. The Morgan fingerprint density at radius 3 is 2.65 bits per heavy atom. The van der Waals surface area contributed by atoms with Crippen LogP contribution >= 0.6 is 31.9 Å². The van der Waals surface area contributed by atoms with E-state index >= 15 is 0 Å². The molecule has 0 atom stereocenters. The third-order valence-electron chi connectivity index (χ3n) is 2.99. The summed E-state index contributed by atoms with van der Waals surface area (Å²) < 4.78 is 6.14. The number of hydrazone groups is 1. The molecule has 0 saturated carbocycles. The van der Waals surface area contributed by atoms with Crippen molar-refractivity contribution in [3.05, 3.63) is 56.5 Å². The van der Waals surface area contributed by atoms with Crippen LogP contribution in [0.5, 0.6) is 11.5 Å². The summed E-state index contributed by atoms with van der Waals surface area (Å²) in [4.78, 5) is 11.8. The Labute approximate surface area is 150 Å². The number of phenols is 1. The first kappa shape index (κ1) is 17.5. The van der Waals surface area contributed by atoms with Crippen molar-refractivity contribution in [3.63, 3.8) is 0 Å². The van der Waals surface area contributed by atoms with Gasteiger partial charge in [0.1, 0.15) is 0 Å². The Kier molecular flexibility index (Phi) is 6.18. The van der Waals surface area contributed by atoms with Crippen LogP contribution < -0.4 is 10.2 Å². The number of ether oxygens (including phenoxy) is 1. The molecule has 0 unspecified atom stereocenters. The van der Waals surface area contributed by atoms with E-state index in [0.29, 0.717) is 20.3 Å². The zero-order valence-electron chi connectivity index (χ0n) is 12.2. The maximum absolute atomic E-state index is 11.8. The fraction of sp³-hybridized carbons (Fsp3) is 0.125. The zero-order valence-corrected chi connectivity index (χ0v) is 15.4. The molecule has 120 valence electrons. The molecule has 0 aliphatic heterocycles. The summed E-state index contributed by atoms with van der Waals surface area (Å²) in [5, 5.41) is 13.8. The van der Waals surface area contributed by atoms with E-state index in [0.717, 1.165) is 5.56 Å². The van der Waals surface area contributed by atoms with Crippen molar-refractivity contribution in [2.24, 2.45) is 5.10 Å². The molecule has 5 nitrogen and oxygen atoms in total. The van der Waals surface area contributed by atoms with E-state index in [-0.39, 0.29) is 18.1 Å². The molecule has 0 radical (unpaired) electrons. The number of nitrogens with one attached hydrogen (secondary N) is 1. The minimum absolute atomic E-state index is 0.00959. The summed E-state index contributed by atoms with van der Waals surface area (Å²) in [5.74, 6) is 0.0788. The third kappa shape index (κ3) is 4.56. The number of rotatable bonds is 5. The van der Waals surface area contributed by atoms with E-state index in [4.69, 9.17) is 4.74 Å². The predicted octanol–water partition coefficient (Wildman–Crippen LogP) is 3.62. The summed E-state index contributed by atoms with van der Waals surface area (Å²) in [6.45, 7) is 0. The fourth-order valence-corrected chi connectivity index (χ4v) is 2.68. The van der Waals surface area contributed by atoms with Gasteiger partial charge in [0.2, 0.25) is 5.91 Å². The van der Waals surface area contributed by atoms with Crippen LogP contribution in [0.4, 0.5) is 0 Å². The number of phenolic OH excluding ortho intramolecular Hbond substituents is 1. The largest absolute Gasteiger partial charge is 0.503 e. The quantitative estimate of drug-likeness (QED) is 0.549. The predicted molar refractivity (Wildman–Crippen MR) is 95.9 cm³/mol. The molecule has 0 aromatic heterocycles. The molecule has 1 amide bonds. The van der Waals surface area contributed by atoms with Gasteiger partial charge in [-0.25, -0.2) is 5.43 Å². The van der Waals surface area contributed by atoms with Crippen LogP contribution in [0, 0.1) is 0 Å². The number of methoxy groups -OCH3 is 1. The van der Waals surface area contributed by atoms with Crippen LogP contribution in [0.25, 0.3) is 0 Å². The van der Waals surface area contributed by atoms with E-state index in [9.17, 15) is 9.90 Å². The van der Waals surface area contributed by atoms with Gasteiger partial charge in [0.15, 0.2) is 11.5 Å². The van der Waals surface area contributed by atoms with Gasteiger partial charge in [-0.05, 0) is 43.5 Å². The van der Waals surface area contributed by atoms with Crippen LogP contribution in [0.1, 0.15) is 11.1 Å². The molecule has 0 aliphatic carbocycles. The average molecular weight is 442 g/mol. The molecule has 0 heterocycles. The third-order valence-corrected chi connectivity index (χ3v) is 5.15. The van der Waals surface area contributed by atoms with E-state index < -0.39 is 0 Å². The van der Waals surface area contributed by atoms with Gasteiger partial charge in [0.25, 0.3) is 0 Å². The first-order valence-corrected chi connectivity index (χ1v) is 8.22. The topological polar surface area (TPSA) is 70.9 Å². The molecule has 0 aliphatic rings. The van der Waals surface area contributed by atoms with Gasteiger partial charge >= 0.3 is 0 Å². The fourth-order valence-electron chi connectivity index (χ4n) is 1.86. The van der Waals surface area contributed by atoms with Gasteiger partial charge in [-0.1, -0.05) is 30.3 Å². The second-order valence-electron chi connectivity index (χ2n) is 4.60. The molecule has 2 aromatic rings. The number of benzene rings is 2. The van der Waals surface area contributed by atoms with Crippen LogP contribution in [0.15, 0.2) is 50.4 Å². The molecular formula is C16H14Br2N2O3.